The van der Waals surface area contributed by atoms with Crippen molar-refractivity contribution in [3.8, 4) is 17.2 Å². The zero-order valence-corrected chi connectivity index (χ0v) is 20.3. The molecule has 0 saturated carbocycles. The third kappa shape index (κ3) is 4.49. The maximum absolute atomic E-state index is 15.3. The number of aryl methyl sites for hydroxylation is 1. The summed E-state index contributed by atoms with van der Waals surface area (Å²) in [5, 5.41) is 7.73. The number of nitrogen functional groups attached to an aromatic ring is 1. The normalized spacial score (nSPS) is 11.8. The first-order valence-electron chi connectivity index (χ1n) is 10.3. The molecule has 0 aliphatic heterocycles. The minimum absolute atomic E-state index is 0.194. The highest BCUT2D eigenvalue weighted by Gasteiger charge is 2.26. The summed E-state index contributed by atoms with van der Waals surface area (Å²) < 4.78 is 28.0. The van der Waals surface area contributed by atoms with Gasteiger partial charge in [0, 0.05) is 21.8 Å². The Balaban J connectivity index is 1.87. The van der Waals surface area contributed by atoms with Gasteiger partial charge in [0.25, 0.3) is 0 Å². The van der Waals surface area contributed by atoms with Crippen LogP contribution < -0.4 is 26.2 Å². The Morgan fingerprint density at radius 3 is 2.50 bits per heavy atom. The zero-order chi connectivity index (χ0) is 24.4. The van der Waals surface area contributed by atoms with E-state index < -0.39 is 17.5 Å². The van der Waals surface area contributed by atoms with E-state index in [1.54, 1.807) is 24.3 Å². The summed E-state index contributed by atoms with van der Waals surface area (Å²) in [4.78, 5) is 15.5. The van der Waals surface area contributed by atoms with Crippen LogP contribution >= 0.6 is 15.9 Å². The molecular weight excluding hydrogens is 505 g/mol. The lowest BCUT2D eigenvalue weighted by atomic mass is 10.0. The van der Waals surface area contributed by atoms with E-state index in [0.29, 0.717) is 22.8 Å². The largest absolute Gasteiger partial charge is 0.493 e. The Bertz CT molecular complexity index is 1400. The van der Waals surface area contributed by atoms with Gasteiger partial charge in [-0.3, -0.25) is 4.98 Å². The maximum atomic E-state index is 15.3. The first kappa shape index (κ1) is 23.4. The highest BCUT2D eigenvalue weighted by Crippen LogP contribution is 2.36. The van der Waals surface area contributed by atoms with Crippen LogP contribution in [0.25, 0.3) is 5.69 Å². The molecule has 1 aromatic heterocycles. The van der Waals surface area contributed by atoms with E-state index in [1.165, 1.54) is 26.4 Å². The van der Waals surface area contributed by atoms with Gasteiger partial charge in [-0.1, -0.05) is 28.1 Å². The number of methoxy groups -OCH3 is 2. The second-order valence-electron chi connectivity index (χ2n) is 7.56. The van der Waals surface area contributed by atoms with E-state index in [1.807, 2.05) is 25.1 Å². The van der Waals surface area contributed by atoms with Crippen LogP contribution in [0.15, 0.2) is 63.9 Å². The van der Waals surface area contributed by atoms with Crippen LogP contribution in [-0.4, -0.2) is 29.0 Å². The van der Waals surface area contributed by atoms with Crippen molar-refractivity contribution in [3.05, 3.63) is 92.3 Å². The number of hydrogen-bond donors (Lipinski definition) is 3. The first-order valence-corrected chi connectivity index (χ1v) is 11.1. The summed E-state index contributed by atoms with van der Waals surface area (Å²) >= 11 is 3.48. The molecule has 0 aliphatic rings. The van der Waals surface area contributed by atoms with Crippen molar-refractivity contribution in [3.63, 3.8) is 0 Å². The molecule has 0 spiro atoms. The summed E-state index contributed by atoms with van der Waals surface area (Å²) in [6.45, 7) is 1.94. The van der Waals surface area contributed by atoms with Crippen molar-refractivity contribution in [2.24, 2.45) is 0 Å². The number of nitrogens with one attached hydrogen (secondary N) is 2. The van der Waals surface area contributed by atoms with Crippen LogP contribution in [0.3, 0.4) is 0 Å². The summed E-state index contributed by atoms with van der Waals surface area (Å²) in [7, 11) is 2.90. The third-order valence-electron chi connectivity index (χ3n) is 5.36. The molecule has 0 radical (unpaired) electrons. The molecular formula is C24H23BrFN5O3. The van der Waals surface area contributed by atoms with E-state index in [4.69, 9.17) is 15.2 Å². The maximum Gasteiger partial charge on any atom is 0.348 e. The van der Waals surface area contributed by atoms with E-state index in [2.05, 4.69) is 31.3 Å². The molecule has 3 aromatic carbocycles. The van der Waals surface area contributed by atoms with Crippen molar-refractivity contribution in [1.82, 2.24) is 14.8 Å². The van der Waals surface area contributed by atoms with Gasteiger partial charge in [0.15, 0.2) is 17.3 Å². The van der Waals surface area contributed by atoms with Crippen LogP contribution in [0, 0.1) is 12.7 Å². The van der Waals surface area contributed by atoms with Gasteiger partial charge in [-0.25, -0.2) is 9.18 Å². The molecule has 4 N–H and O–H groups in total. The van der Waals surface area contributed by atoms with Crippen LogP contribution in [-0.2, 0) is 0 Å². The van der Waals surface area contributed by atoms with Gasteiger partial charge in [0.2, 0.25) is 0 Å². The van der Waals surface area contributed by atoms with Crippen molar-refractivity contribution >= 4 is 27.3 Å². The summed E-state index contributed by atoms with van der Waals surface area (Å²) in [5.41, 5.74) is 8.23. The Labute approximate surface area is 203 Å². The molecule has 1 heterocycles. The second-order valence-corrected chi connectivity index (χ2v) is 8.41. The fraction of sp³-hybridized carbons (Fsp3) is 0.167. The number of benzene rings is 3. The minimum atomic E-state index is -0.862. The number of ether oxygens (including phenoxy) is 2. The van der Waals surface area contributed by atoms with Crippen LogP contribution in [0.5, 0.6) is 11.5 Å². The SMILES string of the molecule is COc1cc(F)c(C(Nc2ccc(Br)c(C)c2)c2nn(-c3ccccc3N)c(=O)[nH]2)cc1OC. The number of hydrogen-bond acceptors (Lipinski definition) is 6. The Morgan fingerprint density at radius 1 is 1.12 bits per heavy atom. The number of nitrogens with two attached hydrogens (primary N) is 1. The molecule has 34 heavy (non-hydrogen) atoms. The standard InChI is InChI=1S/C24H23BrFN5O3/c1-13-10-14(8-9-16(13)25)28-22(15-11-20(33-2)21(34-3)12-17(15)26)23-29-24(32)31(30-23)19-7-5-4-6-18(19)27/h4-12,22,28H,27H2,1-3H3,(H,29,30,32). The van der Waals surface area contributed by atoms with Gasteiger partial charge in [0.1, 0.15) is 11.9 Å². The molecule has 8 nitrogen and oxygen atoms in total. The molecule has 0 amide bonds. The highest BCUT2D eigenvalue weighted by molar-refractivity contribution is 9.10. The predicted molar refractivity (Wildman–Crippen MR) is 132 cm³/mol. The number of aromatic nitrogens is 3. The average molecular weight is 528 g/mol. The monoisotopic (exact) mass is 527 g/mol. The molecule has 0 bridgehead atoms. The number of nitrogens with zero attached hydrogens (tertiary/aromatic N) is 2. The molecule has 4 rings (SSSR count). The fourth-order valence-electron chi connectivity index (χ4n) is 3.60. The Kier molecular flexibility index (Phi) is 6.60. The second kappa shape index (κ2) is 9.60. The molecule has 0 aliphatic carbocycles. The van der Waals surface area contributed by atoms with Crippen LogP contribution in [0.1, 0.15) is 23.0 Å². The lowest BCUT2D eigenvalue weighted by molar-refractivity contribution is 0.351. The van der Waals surface area contributed by atoms with Crippen molar-refractivity contribution in [1.29, 1.82) is 0 Å². The third-order valence-corrected chi connectivity index (χ3v) is 6.25. The lowest BCUT2D eigenvalue weighted by Gasteiger charge is -2.21. The number of anilines is 2. The summed E-state index contributed by atoms with van der Waals surface area (Å²) in [6, 6.07) is 14.4. The molecule has 1 atom stereocenters. The van der Waals surface area contributed by atoms with Gasteiger partial charge in [-0.2, -0.15) is 4.68 Å². The number of H-pyrrole nitrogens is 1. The van der Waals surface area contributed by atoms with E-state index in [-0.39, 0.29) is 17.1 Å². The van der Waals surface area contributed by atoms with E-state index in [0.717, 1.165) is 14.7 Å². The molecule has 0 fully saturated rings. The Morgan fingerprint density at radius 2 is 1.82 bits per heavy atom. The van der Waals surface area contributed by atoms with Crippen molar-refractivity contribution in [2.45, 2.75) is 13.0 Å². The van der Waals surface area contributed by atoms with Crippen LogP contribution in [0.2, 0.25) is 0 Å². The molecule has 10 heteroatoms. The van der Waals surface area contributed by atoms with E-state index >= 15 is 4.39 Å². The lowest BCUT2D eigenvalue weighted by Crippen LogP contribution is -2.17. The molecule has 0 saturated heterocycles. The predicted octanol–water partition coefficient (Wildman–Crippen LogP) is 4.57. The fourth-order valence-corrected chi connectivity index (χ4v) is 3.85. The van der Waals surface area contributed by atoms with Gasteiger partial charge in [0.05, 0.1) is 25.6 Å². The number of aromatic amines is 1. The Hall–Kier alpha value is -3.79. The van der Waals surface area contributed by atoms with Crippen molar-refractivity contribution < 1.29 is 13.9 Å². The first-order chi connectivity index (χ1) is 16.3. The minimum Gasteiger partial charge on any atom is -0.493 e. The van der Waals surface area contributed by atoms with E-state index in [9.17, 15) is 4.79 Å². The summed E-state index contributed by atoms with van der Waals surface area (Å²) in [6.07, 6.45) is 0. The summed E-state index contributed by atoms with van der Waals surface area (Å²) in [5.74, 6) is 0.225. The quantitative estimate of drug-likeness (QED) is 0.304. The van der Waals surface area contributed by atoms with Gasteiger partial charge in [-0.15, -0.1) is 5.10 Å². The van der Waals surface area contributed by atoms with Gasteiger partial charge in [-0.05, 0) is 48.9 Å². The van der Waals surface area contributed by atoms with Gasteiger partial charge < -0.3 is 20.5 Å². The number of para-hydroxylation sites is 2. The molecule has 4 aromatic rings. The van der Waals surface area contributed by atoms with Crippen molar-refractivity contribution in [2.75, 3.05) is 25.3 Å². The topological polar surface area (TPSA) is 107 Å². The molecule has 1 unspecified atom stereocenters. The number of rotatable bonds is 7. The highest BCUT2D eigenvalue weighted by atomic mass is 79.9. The zero-order valence-electron chi connectivity index (χ0n) is 18.7. The molecule has 176 valence electrons. The number of halogens is 2. The van der Waals surface area contributed by atoms with Gasteiger partial charge >= 0.3 is 5.69 Å². The smallest absolute Gasteiger partial charge is 0.348 e. The average Bonchev–Trinajstić information content (AvgIpc) is 3.21. The van der Waals surface area contributed by atoms with Crippen LogP contribution in [0.4, 0.5) is 15.8 Å².